The van der Waals surface area contributed by atoms with Crippen molar-refractivity contribution in [2.24, 2.45) is 0 Å². The van der Waals surface area contributed by atoms with E-state index in [9.17, 15) is 10.2 Å². The van der Waals surface area contributed by atoms with E-state index in [1.807, 2.05) is 0 Å². The van der Waals surface area contributed by atoms with E-state index in [4.69, 9.17) is 9.84 Å². The van der Waals surface area contributed by atoms with Gasteiger partial charge >= 0.3 is 0 Å². The summed E-state index contributed by atoms with van der Waals surface area (Å²) in [5.74, 6) is 0. The van der Waals surface area contributed by atoms with Gasteiger partial charge in [-0.05, 0) is 19.1 Å². The van der Waals surface area contributed by atoms with Crippen LogP contribution in [0.15, 0.2) is 17.9 Å². The van der Waals surface area contributed by atoms with E-state index in [-0.39, 0.29) is 6.61 Å². The van der Waals surface area contributed by atoms with Gasteiger partial charge in [0.2, 0.25) is 0 Å². The number of aliphatic hydroxyl groups is 3. The average Bonchev–Trinajstić information content (AvgIpc) is 2.40. The van der Waals surface area contributed by atoms with Gasteiger partial charge in [0.25, 0.3) is 0 Å². The van der Waals surface area contributed by atoms with E-state index in [0.29, 0.717) is 0 Å². The highest BCUT2D eigenvalue weighted by Crippen LogP contribution is 2.30. The van der Waals surface area contributed by atoms with Crippen LogP contribution in [-0.4, -0.2) is 53.6 Å². The van der Waals surface area contributed by atoms with Gasteiger partial charge in [-0.3, -0.25) is 0 Å². The molecule has 1 aliphatic heterocycles. The molecule has 3 N–H and O–H groups in total. The number of rotatable bonds is 2. The lowest BCUT2D eigenvalue weighted by Gasteiger charge is -2.24. The lowest BCUT2D eigenvalue weighted by atomic mass is 9.80. The van der Waals surface area contributed by atoms with Crippen LogP contribution in [0, 0.1) is 0 Å². The molecule has 4 atom stereocenters. The fourth-order valence-electron chi connectivity index (χ4n) is 1.55. The molecular formula is C9H15BO4. The molecule has 1 unspecified atom stereocenters. The predicted molar refractivity (Wildman–Crippen MR) is 53.6 cm³/mol. The molecular weight excluding hydrogens is 183 g/mol. The molecule has 14 heavy (non-hydrogen) atoms. The Balaban J connectivity index is 2.92. The smallest absolute Gasteiger partial charge is 0.143 e. The Morgan fingerprint density at radius 2 is 2.29 bits per heavy atom. The Morgan fingerprint density at radius 1 is 1.64 bits per heavy atom. The summed E-state index contributed by atoms with van der Waals surface area (Å²) >= 11 is 0. The third-order valence-corrected chi connectivity index (χ3v) is 2.52. The summed E-state index contributed by atoms with van der Waals surface area (Å²) in [5, 5.41) is 28.6. The van der Waals surface area contributed by atoms with Gasteiger partial charge in [0, 0.05) is 0 Å². The van der Waals surface area contributed by atoms with Crippen LogP contribution < -0.4 is 0 Å². The molecule has 0 bridgehead atoms. The summed E-state index contributed by atoms with van der Waals surface area (Å²) in [6, 6.07) is -0.554. The molecule has 0 aromatic carbocycles. The molecule has 78 valence electrons. The van der Waals surface area contributed by atoms with Gasteiger partial charge in [-0.2, -0.15) is 0 Å². The Hall–Kier alpha value is -0.575. The van der Waals surface area contributed by atoms with E-state index in [1.54, 1.807) is 20.8 Å². The lowest BCUT2D eigenvalue weighted by molar-refractivity contribution is -0.0285. The molecule has 1 saturated heterocycles. The van der Waals surface area contributed by atoms with E-state index in [2.05, 4.69) is 5.73 Å². The summed E-state index contributed by atoms with van der Waals surface area (Å²) in [6.45, 7) is 1.45. The monoisotopic (exact) mass is 198 g/mol. The second-order valence-electron chi connectivity index (χ2n) is 3.43. The minimum Gasteiger partial charge on any atom is -0.394 e. The topological polar surface area (TPSA) is 69.9 Å². The van der Waals surface area contributed by atoms with Gasteiger partial charge in [-0.25, -0.2) is 0 Å². The lowest BCUT2D eigenvalue weighted by Crippen LogP contribution is -2.47. The first-order chi connectivity index (χ1) is 6.56. The highest BCUT2D eigenvalue weighted by Gasteiger charge is 2.51. The summed E-state index contributed by atoms with van der Waals surface area (Å²) < 4.78 is 5.20. The second-order valence-corrected chi connectivity index (χ2v) is 3.43. The second kappa shape index (κ2) is 4.30. The summed E-state index contributed by atoms with van der Waals surface area (Å²) in [5.41, 5.74) is 1.26. The van der Waals surface area contributed by atoms with Gasteiger partial charge in [-0.1, -0.05) is 0 Å². The summed E-state index contributed by atoms with van der Waals surface area (Å²) in [4.78, 5) is 0. The van der Waals surface area contributed by atoms with Crippen molar-refractivity contribution in [3.8, 4) is 0 Å². The SMILES string of the molecule is B[C@@H]1O[C@H](CO)[C@H](O)C1(O)C=C=CC. The van der Waals surface area contributed by atoms with Gasteiger partial charge in [0.05, 0.1) is 12.6 Å². The molecule has 0 spiro atoms. The summed E-state index contributed by atoms with van der Waals surface area (Å²) in [7, 11) is 1.65. The van der Waals surface area contributed by atoms with Crippen LogP contribution in [0.1, 0.15) is 6.92 Å². The molecule has 0 radical (unpaired) electrons. The Kier molecular flexibility index (Phi) is 3.53. The van der Waals surface area contributed by atoms with Crippen molar-refractivity contribution < 1.29 is 20.1 Å². The average molecular weight is 198 g/mol. The quantitative estimate of drug-likeness (QED) is 0.360. The van der Waals surface area contributed by atoms with Crippen LogP contribution >= 0.6 is 0 Å². The largest absolute Gasteiger partial charge is 0.394 e. The van der Waals surface area contributed by atoms with E-state index in [0.717, 1.165) is 0 Å². The highest BCUT2D eigenvalue weighted by molar-refractivity contribution is 6.12. The number of hydrogen-bond acceptors (Lipinski definition) is 4. The molecule has 1 heterocycles. The minimum atomic E-state index is -1.46. The van der Waals surface area contributed by atoms with Crippen LogP contribution in [0.5, 0.6) is 0 Å². The van der Waals surface area contributed by atoms with Crippen molar-refractivity contribution in [1.29, 1.82) is 0 Å². The molecule has 1 fully saturated rings. The molecule has 1 rings (SSSR count). The van der Waals surface area contributed by atoms with E-state index < -0.39 is 23.8 Å². The first kappa shape index (κ1) is 11.5. The Morgan fingerprint density at radius 3 is 2.71 bits per heavy atom. The zero-order valence-electron chi connectivity index (χ0n) is 8.34. The fraction of sp³-hybridized carbons (Fsp3) is 0.667. The van der Waals surface area contributed by atoms with Crippen LogP contribution in [-0.2, 0) is 4.74 Å². The normalized spacial score (nSPS) is 41.9. The molecule has 0 aromatic rings. The molecule has 0 amide bonds. The standard InChI is InChI=1S/C9H15BO4/c1-2-3-4-9(13)7(12)6(5-11)14-8(9)10/h2,4,6-8,11-13H,5,10H2,1H3/t3?,6-,7+,8-,9?/m1/s1. The van der Waals surface area contributed by atoms with Crippen molar-refractivity contribution in [3.63, 3.8) is 0 Å². The third kappa shape index (κ3) is 1.78. The maximum absolute atomic E-state index is 10.0. The van der Waals surface area contributed by atoms with Crippen molar-refractivity contribution in [3.05, 3.63) is 17.9 Å². The van der Waals surface area contributed by atoms with Crippen LogP contribution in [0.3, 0.4) is 0 Å². The van der Waals surface area contributed by atoms with Crippen molar-refractivity contribution in [2.75, 3.05) is 6.61 Å². The van der Waals surface area contributed by atoms with Gasteiger partial charge in [0.15, 0.2) is 0 Å². The van der Waals surface area contributed by atoms with Crippen molar-refractivity contribution in [2.45, 2.75) is 30.7 Å². The zero-order valence-corrected chi connectivity index (χ0v) is 8.34. The van der Waals surface area contributed by atoms with E-state index >= 15 is 0 Å². The predicted octanol–water partition coefficient (Wildman–Crippen LogP) is -1.84. The Bertz CT molecular complexity index is 262. The molecule has 5 heteroatoms. The molecule has 0 aliphatic carbocycles. The zero-order chi connectivity index (χ0) is 10.8. The first-order valence-corrected chi connectivity index (χ1v) is 4.61. The molecule has 1 aliphatic rings. The van der Waals surface area contributed by atoms with Crippen molar-refractivity contribution >= 4 is 7.85 Å². The number of ether oxygens (including phenoxy) is 1. The molecule has 0 saturated carbocycles. The number of hydrogen-bond donors (Lipinski definition) is 3. The minimum absolute atomic E-state index is 0.308. The molecule has 4 nitrogen and oxygen atoms in total. The van der Waals surface area contributed by atoms with Crippen LogP contribution in [0.2, 0.25) is 0 Å². The first-order valence-electron chi connectivity index (χ1n) is 4.61. The van der Waals surface area contributed by atoms with Gasteiger partial charge in [0.1, 0.15) is 25.7 Å². The van der Waals surface area contributed by atoms with E-state index in [1.165, 1.54) is 6.08 Å². The maximum Gasteiger partial charge on any atom is 0.143 e. The maximum atomic E-state index is 10.0. The van der Waals surface area contributed by atoms with Crippen LogP contribution in [0.4, 0.5) is 0 Å². The van der Waals surface area contributed by atoms with Crippen LogP contribution in [0.25, 0.3) is 0 Å². The third-order valence-electron chi connectivity index (χ3n) is 2.52. The van der Waals surface area contributed by atoms with Gasteiger partial charge < -0.3 is 20.1 Å². The summed E-state index contributed by atoms with van der Waals surface area (Å²) in [6.07, 6.45) is 1.15. The van der Waals surface area contributed by atoms with Crippen molar-refractivity contribution in [1.82, 2.24) is 0 Å². The Labute approximate surface area is 83.9 Å². The van der Waals surface area contributed by atoms with Gasteiger partial charge in [-0.15, -0.1) is 5.73 Å². The number of aliphatic hydroxyl groups excluding tert-OH is 2. The fourth-order valence-corrected chi connectivity index (χ4v) is 1.55. The highest BCUT2D eigenvalue weighted by atomic mass is 16.6. The molecule has 0 aromatic heterocycles.